The van der Waals surface area contributed by atoms with Crippen LogP contribution in [0, 0.1) is 27.7 Å². The SMILES string of the molecule is Cc1cccc(C(c2cccc(C)c2)(c2ccccc2C)c2ccccc2C)c1. The maximum atomic E-state index is 2.35. The van der Waals surface area contributed by atoms with E-state index in [-0.39, 0.29) is 5.41 Å². The van der Waals surface area contributed by atoms with Crippen molar-refractivity contribution in [3.05, 3.63) is 142 Å². The lowest BCUT2D eigenvalue weighted by Crippen LogP contribution is -2.33. The molecule has 144 valence electrons. The van der Waals surface area contributed by atoms with Crippen molar-refractivity contribution < 1.29 is 0 Å². The van der Waals surface area contributed by atoms with Gasteiger partial charge in [0.05, 0.1) is 5.41 Å². The van der Waals surface area contributed by atoms with E-state index < -0.39 is 0 Å². The van der Waals surface area contributed by atoms with E-state index in [4.69, 9.17) is 0 Å². The van der Waals surface area contributed by atoms with Crippen LogP contribution in [0.25, 0.3) is 0 Å². The van der Waals surface area contributed by atoms with Crippen LogP contribution in [0.2, 0.25) is 0 Å². The zero-order valence-corrected chi connectivity index (χ0v) is 17.7. The summed E-state index contributed by atoms with van der Waals surface area (Å²) in [5, 5.41) is 0. The fourth-order valence-electron chi connectivity index (χ4n) is 4.68. The molecule has 4 aromatic carbocycles. The molecule has 0 saturated carbocycles. The largest absolute Gasteiger partial charge is 0.0706 e. The molecule has 0 aliphatic rings. The zero-order valence-electron chi connectivity index (χ0n) is 17.7. The maximum absolute atomic E-state index is 2.35. The Morgan fingerprint density at radius 2 is 0.862 bits per heavy atom. The van der Waals surface area contributed by atoms with Crippen LogP contribution >= 0.6 is 0 Å². The molecule has 0 N–H and O–H groups in total. The van der Waals surface area contributed by atoms with Gasteiger partial charge < -0.3 is 0 Å². The molecule has 0 unspecified atom stereocenters. The summed E-state index contributed by atoms with van der Waals surface area (Å²) in [6.45, 7) is 8.82. The van der Waals surface area contributed by atoms with Crippen LogP contribution in [0.3, 0.4) is 0 Å². The highest BCUT2D eigenvalue weighted by atomic mass is 14.4. The second-order valence-electron chi connectivity index (χ2n) is 8.12. The molecule has 0 heterocycles. The van der Waals surface area contributed by atoms with Crippen LogP contribution in [0.4, 0.5) is 0 Å². The summed E-state index contributed by atoms with van der Waals surface area (Å²) in [7, 11) is 0. The van der Waals surface area contributed by atoms with Gasteiger partial charge in [0.2, 0.25) is 0 Å². The molecule has 0 saturated heterocycles. The molecule has 29 heavy (non-hydrogen) atoms. The van der Waals surface area contributed by atoms with E-state index >= 15 is 0 Å². The predicted octanol–water partition coefficient (Wildman–Crippen LogP) is 7.30. The Bertz CT molecular complexity index is 1060. The van der Waals surface area contributed by atoms with Gasteiger partial charge in [-0.05, 0) is 61.1 Å². The molecular formula is C29H28. The lowest BCUT2D eigenvalue weighted by Gasteiger charge is -2.39. The van der Waals surface area contributed by atoms with Crippen molar-refractivity contribution in [1.82, 2.24) is 0 Å². The third-order valence-electron chi connectivity index (χ3n) is 6.00. The average Bonchev–Trinajstić information content (AvgIpc) is 2.71. The predicted molar refractivity (Wildman–Crippen MR) is 124 cm³/mol. The first kappa shape index (κ1) is 19.2. The van der Waals surface area contributed by atoms with Crippen molar-refractivity contribution in [2.75, 3.05) is 0 Å². The summed E-state index contributed by atoms with van der Waals surface area (Å²) in [6, 6.07) is 35.7. The Balaban J connectivity index is 2.23. The molecule has 4 rings (SSSR count). The lowest BCUT2D eigenvalue weighted by molar-refractivity contribution is 0.730. The first-order valence-corrected chi connectivity index (χ1v) is 10.3. The zero-order chi connectivity index (χ0) is 20.4. The van der Waals surface area contributed by atoms with E-state index in [1.54, 1.807) is 0 Å². The van der Waals surface area contributed by atoms with E-state index in [1.807, 2.05) is 0 Å². The van der Waals surface area contributed by atoms with Crippen LogP contribution in [-0.4, -0.2) is 0 Å². The summed E-state index contributed by atoms with van der Waals surface area (Å²) >= 11 is 0. The molecule has 0 aliphatic carbocycles. The molecule has 0 nitrogen and oxygen atoms in total. The molecular weight excluding hydrogens is 348 g/mol. The fraction of sp³-hybridized carbons (Fsp3) is 0.172. The number of hydrogen-bond acceptors (Lipinski definition) is 0. The van der Waals surface area contributed by atoms with Gasteiger partial charge in [-0.15, -0.1) is 0 Å². The van der Waals surface area contributed by atoms with Crippen molar-refractivity contribution in [3.63, 3.8) is 0 Å². The summed E-state index contributed by atoms with van der Waals surface area (Å²) in [5.41, 5.74) is 10.1. The highest BCUT2D eigenvalue weighted by molar-refractivity contribution is 5.63. The molecule has 4 aromatic rings. The first-order chi connectivity index (χ1) is 14.0. The summed E-state index contributed by atoms with van der Waals surface area (Å²) in [4.78, 5) is 0. The topological polar surface area (TPSA) is 0 Å². The molecule has 0 aromatic heterocycles. The van der Waals surface area contributed by atoms with Gasteiger partial charge >= 0.3 is 0 Å². The Morgan fingerprint density at radius 3 is 1.24 bits per heavy atom. The number of rotatable bonds is 4. The maximum Gasteiger partial charge on any atom is 0.0706 e. The minimum absolute atomic E-state index is 0.366. The molecule has 0 amide bonds. The Hall–Kier alpha value is -3.12. The Morgan fingerprint density at radius 1 is 0.448 bits per heavy atom. The van der Waals surface area contributed by atoms with Crippen LogP contribution in [0.5, 0.6) is 0 Å². The van der Waals surface area contributed by atoms with E-state index in [0.717, 1.165) is 0 Å². The summed E-state index contributed by atoms with van der Waals surface area (Å²) < 4.78 is 0. The van der Waals surface area contributed by atoms with E-state index in [0.29, 0.717) is 0 Å². The van der Waals surface area contributed by atoms with Gasteiger partial charge in [0.25, 0.3) is 0 Å². The minimum atomic E-state index is -0.366. The smallest absolute Gasteiger partial charge is 0.0620 e. The van der Waals surface area contributed by atoms with Crippen LogP contribution in [-0.2, 0) is 5.41 Å². The molecule has 0 spiro atoms. The lowest BCUT2D eigenvalue weighted by atomic mass is 9.63. The van der Waals surface area contributed by atoms with Crippen molar-refractivity contribution in [2.24, 2.45) is 0 Å². The van der Waals surface area contributed by atoms with E-state index in [1.165, 1.54) is 44.5 Å². The Kier molecular flexibility index (Phi) is 5.11. The third kappa shape index (κ3) is 3.29. The molecule has 0 atom stereocenters. The second kappa shape index (κ2) is 7.72. The molecule has 0 fully saturated rings. The molecule has 0 radical (unpaired) electrons. The van der Waals surface area contributed by atoms with E-state index in [2.05, 4.69) is 125 Å². The normalized spacial score (nSPS) is 11.4. The number of benzene rings is 4. The van der Waals surface area contributed by atoms with Crippen molar-refractivity contribution in [2.45, 2.75) is 33.1 Å². The monoisotopic (exact) mass is 376 g/mol. The standard InChI is InChI=1S/C29H28/c1-21-11-9-15-25(19-21)29(26-16-10-12-22(2)20-26,27-17-7-5-13-23(27)3)28-18-8-6-14-24(28)4/h5-20H,1-4H3. The van der Waals surface area contributed by atoms with Crippen molar-refractivity contribution >= 4 is 0 Å². The van der Waals surface area contributed by atoms with Crippen molar-refractivity contribution in [3.8, 4) is 0 Å². The highest BCUT2D eigenvalue weighted by Gasteiger charge is 2.40. The van der Waals surface area contributed by atoms with Gasteiger partial charge in [0.1, 0.15) is 0 Å². The van der Waals surface area contributed by atoms with Gasteiger partial charge in [0.15, 0.2) is 0 Å². The van der Waals surface area contributed by atoms with Crippen LogP contribution < -0.4 is 0 Å². The Labute approximate surface area is 174 Å². The first-order valence-electron chi connectivity index (χ1n) is 10.3. The molecule has 0 heteroatoms. The molecule has 0 bridgehead atoms. The van der Waals surface area contributed by atoms with Crippen LogP contribution in [0.1, 0.15) is 44.5 Å². The van der Waals surface area contributed by atoms with Gasteiger partial charge in [0, 0.05) is 0 Å². The number of aryl methyl sites for hydroxylation is 4. The number of hydrogen-bond donors (Lipinski definition) is 0. The van der Waals surface area contributed by atoms with Gasteiger partial charge in [-0.2, -0.15) is 0 Å². The fourth-order valence-corrected chi connectivity index (χ4v) is 4.68. The van der Waals surface area contributed by atoms with Gasteiger partial charge in [-0.25, -0.2) is 0 Å². The molecule has 0 aliphatic heterocycles. The third-order valence-corrected chi connectivity index (χ3v) is 6.00. The van der Waals surface area contributed by atoms with Gasteiger partial charge in [-0.1, -0.05) is 108 Å². The summed E-state index contributed by atoms with van der Waals surface area (Å²) in [6.07, 6.45) is 0. The minimum Gasteiger partial charge on any atom is -0.0620 e. The second-order valence-corrected chi connectivity index (χ2v) is 8.12. The quantitative estimate of drug-likeness (QED) is 0.328. The van der Waals surface area contributed by atoms with Crippen molar-refractivity contribution in [1.29, 1.82) is 0 Å². The average molecular weight is 377 g/mol. The van der Waals surface area contributed by atoms with E-state index in [9.17, 15) is 0 Å². The van der Waals surface area contributed by atoms with Gasteiger partial charge in [-0.3, -0.25) is 0 Å². The summed E-state index contributed by atoms with van der Waals surface area (Å²) in [5.74, 6) is 0. The van der Waals surface area contributed by atoms with Crippen LogP contribution in [0.15, 0.2) is 97.1 Å². The highest BCUT2D eigenvalue weighted by Crippen LogP contribution is 2.47.